The Morgan fingerprint density at radius 3 is 2.47 bits per heavy atom. The Hall–Kier alpha value is -2.78. The molecule has 2 aromatic rings. The zero-order chi connectivity index (χ0) is 21.7. The predicted octanol–water partition coefficient (Wildman–Crippen LogP) is 2.43. The average molecular weight is 435 g/mol. The number of nitrogens with one attached hydrogen (secondary N) is 2. The molecule has 0 saturated carbocycles. The smallest absolute Gasteiger partial charge is 0.260 e. The van der Waals surface area contributed by atoms with Crippen LogP contribution in [-0.4, -0.2) is 33.8 Å². The summed E-state index contributed by atoms with van der Waals surface area (Å²) in [6.07, 6.45) is -0.685. The first-order chi connectivity index (χ1) is 14.2. The van der Waals surface area contributed by atoms with Gasteiger partial charge in [-0.1, -0.05) is 19.9 Å². The van der Waals surface area contributed by atoms with E-state index in [4.69, 9.17) is 14.2 Å². The highest BCUT2D eigenvalue weighted by molar-refractivity contribution is 7.89. The van der Waals surface area contributed by atoms with Crippen LogP contribution in [0.4, 0.5) is 0 Å². The van der Waals surface area contributed by atoms with Gasteiger partial charge in [0, 0.05) is 13.1 Å². The highest BCUT2D eigenvalue weighted by Gasteiger charge is 2.18. The van der Waals surface area contributed by atoms with Crippen molar-refractivity contribution in [3.63, 3.8) is 0 Å². The van der Waals surface area contributed by atoms with Gasteiger partial charge < -0.3 is 19.5 Å². The molecule has 0 bridgehead atoms. The third-order valence-electron chi connectivity index (χ3n) is 4.40. The highest BCUT2D eigenvalue weighted by Crippen LogP contribution is 2.32. The zero-order valence-corrected chi connectivity index (χ0v) is 18.0. The Kier molecular flexibility index (Phi) is 6.84. The fourth-order valence-corrected chi connectivity index (χ4v) is 3.73. The lowest BCUT2D eigenvalue weighted by Gasteiger charge is -2.16. The zero-order valence-electron chi connectivity index (χ0n) is 17.2. The molecule has 1 aliphatic heterocycles. The second-order valence-electron chi connectivity index (χ2n) is 7.38. The SMILES string of the molecule is CC(C)CNC(=O)[C@@H](C)Oc1ccc(S(=O)(=O)NCc2ccc3c(c2)OCO3)cc1. The third-order valence-corrected chi connectivity index (χ3v) is 5.82. The van der Waals surface area contributed by atoms with Crippen LogP contribution in [0.1, 0.15) is 26.3 Å². The highest BCUT2D eigenvalue weighted by atomic mass is 32.2. The maximum absolute atomic E-state index is 12.6. The van der Waals surface area contributed by atoms with Crippen LogP contribution in [-0.2, 0) is 21.4 Å². The van der Waals surface area contributed by atoms with Crippen molar-refractivity contribution in [3.8, 4) is 17.2 Å². The summed E-state index contributed by atoms with van der Waals surface area (Å²) in [6.45, 7) is 6.50. The summed E-state index contributed by atoms with van der Waals surface area (Å²) in [5, 5.41) is 2.80. The summed E-state index contributed by atoms with van der Waals surface area (Å²) in [6, 6.07) is 11.2. The quantitative estimate of drug-likeness (QED) is 0.628. The molecule has 1 heterocycles. The van der Waals surface area contributed by atoms with E-state index < -0.39 is 16.1 Å². The molecule has 1 atom stereocenters. The molecule has 8 nitrogen and oxygen atoms in total. The Morgan fingerprint density at radius 1 is 1.07 bits per heavy atom. The van der Waals surface area contributed by atoms with E-state index >= 15 is 0 Å². The molecule has 0 spiro atoms. The lowest BCUT2D eigenvalue weighted by Crippen LogP contribution is -2.38. The lowest BCUT2D eigenvalue weighted by molar-refractivity contribution is -0.127. The van der Waals surface area contributed by atoms with Gasteiger partial charge in [-0.25, -0.2) is 13.1 Å². The molecule has 2 aromatic carbocycles. The van der Waals surface area contributed by atoms with Crippen LogP contribution in [0.2, 0.25) is 0 Å². The summed E-state index contributed by atoms with van der Waals surface area (Å²) in [7, 11) is -3.71. The van der Waals surface area contributed by atoms with Crippen molar-refractivity contribution in [1.82, 2.24) is 10.0 Å². The van der Waals surface area contributed by atoms with Crippen molar-refractivity contribution in [2.45, 2.75) is 38.3 Å². The second kappa shape index (κ2) is 9.36. The first kappa shape index (κ1) is 21.9. The molecule has 0 unspecified atom stereocenters. The molecule has 2 N–H and O–H groups in total. The summed E-state index contributed by atoms with van der Waals surface area (Å²) in [5.41, 5.74) is 0.754. The van der Waals surface area contributed by atoms with Crippen molar-refractivity contribution >= 4 is 15.9 Å². The number of ether oxygens (including phenoxy) is 3. The summed E-state index contributed by atoms with van der Waals surface area (Å²) >= 11 is 0. The van der Waals surface area contributed by atoms with Crippen LogP contribution in [0.5, 0.6) is 17.2 Å². The van der Waals surface area contributed by atoms with Crippen molar-refractivity contribution < 1.29 is 27.4 Å². The van der Waals surface area contributed by atoms with E-state index in [9.17, 15) is 13.2 Å². The normalized spacial score (nSPS) is 13.9. The Bertz CT molecular complexity index is 989. The first-order valence-corrected chi connectivity index (χ1v) is 11.2. The number of sulfonamides is 1. The van der Waals surface area contributed by atoms with Crippen LogP contribution in [0.15, 0.2) is 47.4 Å². The Morgan fingerprint density at radius 2 is 1.77 bits per heavy atom. The Balaban J connectivity index is 1.57. The van der Waals surface area contributed by atoms with Gasteiger partial charge in [0.25, 0.3) is 5.91 Å². The molecule has 30 heavy (non-hydrogen) atoms. The lowest BCUT2D eigenvalue weighted by atomic mass is 10.2. The molecular weight excluding hydrogens is 408 g/mol. The standard InChI is InChI=1S/C21H26N2O6S/c1-14(2)11-22-21(24)15(3)29-17-5-7-18(8-6-17)30(25,26)23-12-16-4-9-19-20(10-16)28-13-27-19/h4-10,14-15,23H,11-13H2,1-3H3,(H,22,24)/t15-/m1/s1. The van der Waals surface area contributed by atoms with Gasteiger partial charge in [0.05, 0.1) is 4.90 Å². The molecule has 3 rings (SSSR count). The van der Waals surface area contributed by atoms with Crippen LogP contribution >= 0.6 is 0 Å². The molecule has 1 amide bonds. The first-order valence-electron chi connectivity index (χ1n) is 9.67. The van der Waals surface area contributed by atoms with Gasteiger partial charge in [0.1, 0.15) is 5.75 Å². The van der Waals surface area contributed by atoms with Crippen LogP contribution in [0, 0.1) is 5.92 Å². The summed E-state index contributed by atoms with van der Waals surface area (Å²) in [5.74, 6) is 1.78. The van der Waals surface area contributed by atoms with Crippen LogP contribution in [0.3, 0.4) is 0 Å². The number of carbonyl (C=O) groups is 1. The van der Waals surface area contributed by atoms with Gasteiger partial charge in [-0.3, -0.25) is 4.79 Å². The molecule has 0 aromatic heterocycles. The van der Waals surface area contributed by atoms with Crippen molar-refractivity contribution in [1.29, 1.82) is 0 Å². The van der Waals surface area contributed by atoms with Gasteiger partial charge in [0.15, 0.2) is 17.6 Å². The summed E-state index contributed by atoms with van der Waals surface area (Å²) in [4.78, 5) is 12.1. The molecule has 0 radical (unpaired) electrons. The maximum atomic E-state index is 12.6. The number of rotatable bonds is 9. The van der Waals surface area contributed by atoms with Crippen LogP contribution in [0.25, 0.3) is 0 Å². The average Bonchev–Trinajstić information content (AvgIpc) is 3.18. The number of benzene rings is 2. The van der Waals surface area contributed by atoms with Gasteiger partial charge in [-0.2, -0.15) is 0 Å². The fourth-order valence-electron chi connectivity index (χ4n) is 2.72. The van der Waals surface area contributed by atoms with Gasteiger partial charge >= 0.3 is 0 Å². The molecule has 0 saturated heterocycles. The molecular formula is C21H26N2O6S. The van der Waals surface area contributed by atoms with E-state index in [1.807, 2.05) is 13.8 Å². The largest absolute Gasteiger partial charge is 0.481 e. The van der Waals surface area contributed by atoms with Gasteiger partial charge in [-0.05, 0) is 54.8 Å². The number of carbonyl (C=O) groups excluding carboxylic acids is 1. The van der Waals surface area contributed by atoms with E-state index in [-0.39, 0.29) is 24.1 Å². The van der Waals surface area contributed by atoms with Crippen molar-refractivity contribution in [3.05, 3.63) is 48.0 Å². The minimum atomic E-state index is -3.71. The van der Waals surface area contributed by atoms with Crippen LogP contribution < -0.4 is 24.2 Å². The maximum Gasteiger partial charge on any atom is 0.260 e. The van der Waals surface area contributed by atoms with Crippen molar-refractivity contribution in [2.75, 3.05) is 13.3 Å². The van der Waals surface area contributed by atoms with E-state index in [2.05, 4.69) is 10.0 Å². The number of amides is 1. The number of hydrogen-bond acceptors (Lipinski definition) is 6. The van der Waals surface area contributed by atoms with Gasteiger partial charge in [0.2, 0.25) is 16.8 Å². The molecule has 1 aliphatic rings. The van der Waals surface area contributed by atoms with E-state index in [1.165, 1.54) is 24.3 Å². The van der Waals surface area contributed by atoms with Crippen molar-refractivity contribution in [2.24, 2.45) is 5.92 Å². The van der Waals surface area contributed by atoms with E-state index in [0.717, 1.165) is 5.56 Å². The topological polar surface area (TPSA) is 103 Å². The summed E-state index contributed by atoms with van der Waals surface area (Å²) < 4.78 is 43.8. The molecule has 9 heteroatoms. The minimum Gasteiger partial charge on any atom is -0.481 e. The van der Waals surface area contributed by atoms with E-state index in [1.54, 1.807) is 25.1 Å². The Labute approximate surface area is 176 Å². The van der Waals surface area contributed by atoms with Gasteiger partial charge in [-0.15, -0.1) is 0 Å². The second-order valence-corrected chi connectivity index (χ2v) is 9.15. The monoisotopic (exact) mass is 434 g/mol. The molecule has 0 fully saturated rings. The minimum absolute atomic E-state index is 0.104. The number of fused-ring (bicyclic) bond motifs is 1. The third kappa shape index (κ3) is 5.64. The molecule has 0 aliphatic carbocycles. The molecule has 162 valence electrons. The van der Waals surface area contributed by atoms with E-state index in [0.29, 0.717) is 29.7 Å². The fraction of sp³-hybridized carbons (Fsp3) is 0.381. The predicted molar refractivity (Wildman–Crippen MR) is 111 cm³/mol. The number of hydrogen-bond donors (Lipinski definition) is 2.